The Morgan fingerprint density at radius 1 is 0.900 bits per heavy atom. The molecule has 0 aliphatic rings. The van der Waals surface area contributed by atoms with Crippen LogP contribution in [0, 0.1) is 0 Å². The predicted octanol–water partition coefficient (Wildman–Crippen LogP) is 4.60. The quantitative estimate of drug-likeness (QED) is 0.315. The van der Waals surface area contributed by atoms with Gasteiger partial charge in [-0.05, 0) is 53.7 Å². The molecule has 2 N–H and O–H groups in total. The van der Waals surface area contributed by atoms with Gasteiger partial charge in [0, 0.05) is 0 Å². The van der Waals surface area contributed by atoms with Crippen LogP contribution in [0.15, 0.2) is 77.9 Å². The number of hydrogen-bond acceptors (Lipinski definition) is 5. The van der Waals surface area contributed by atoms with Crippen molar-refractivity contribution in [1.29, 1.82) is 0 Å². The molecule has 3 rings (SSSR count). The van der Waals surface area contributed by atoms with Crippen LogP contribution < -0.4 is 25.0 Å². The van der Waals surface area contributed by atoms with E-state index < -0.39 is 0 Å². The Hall–Kier alpha value is -3.58. The van der Waals surface area contributed by atoms with Crippen molar-refractivity contribution in [1.82, 2.24) is 5.43 Å². The average Bonchev–Trinajstić information content (AvgIpc) is 2.79. The lowest BCUT2D eigenvalue weighted by Gasteiger charge is -2.12. The van der Waals surface area contributed by atoms with Gasteiger partial charge in [-0.25, -0.2) is 0 Å². The van der Waals surface area contributed by atoms with Gasteiger partial charge in [-0.1, -0.05) is 42.5 Å². The summed E-state index contributed by atoms with van der Waals surface area (Å²) in [5.41, 5.74) is 5.47. The molecule has 0 fully saturated rings. The number of nitrogens with zero attached hydrogens (tertiary/aromatic N) is 1. The van der Waals surface area contributed by atoms with Crippen molar-refractivity contribution in [3.63, 3.8) is 0 Å². The van der Waals surface area contributed by atoms with Crippen molar-refractivity contribution in [2.75, 3.05) is 19.5 Å². The highest BCUT2D eigenvalue weighted by Gasteiger charge is 2.06. The first-order chi connectivity index (χ1) is 14.7. The van der Waals surface area contributed by atoms with E-state index in [2.05, 4.69) is 15.8 Å². The number of anilines is 1. The molecule has 3 aromatic rings. The second kappa shape index (κ2) is 10.8. The van der Waals surface area contributed by atoms with Gasteiger partial charge in [0.2, 0.25) is 0 Å². The molecule has 0 atom stereocenters. The van der Waals surface area contributed by atoms with Gasteiger partial charge in [-0.15, -0.1) is 0 Å². The van der Waals surface area contributed by atoms with Gasteiger partial charge in [0.15, 0.2) is 16.6 Å². The fraction of sp³-hybridized carbons (Fsp3) is 0.130. The van der Waals surface area contributed by atoms with Crippen molar-refractivity contribution >= 4 is 29.2 Å². The first kappa shape index (κ1) is 21.1. The van der Waals surface area contributed by atoms with E-state index in [9.17, 15) is 0 Å². The van der Waals surface area contributed by atoms with Gasteiger partial charge in [0.25, 0.3) is 0 Å². The summed E-state index contributed by atoms with van der Waals surface area (Å²) in [5, 5.41) is 7.60. The summed E-state index contributed by atoms with van der Waals surface area (Å²) in [5.74, 6) is 1.99. The molecular weight excluding hydrogens is 398 g/mol. The Bertz CT molecular complexity index is 1010. The largest absolute Gasteiger partial charge is 0.495 e. The summed E-state index contributed by atoms with van der Waals surface area (Å²) >= 11 is 5.28. The van der Waals surface area contributed by atoms with Crippen LogP contribution in [0.3, 0.4) is 0 Å². The Balaban J connectivity index is 1.61. The Morgan fingerprint density at radius 2 is 1.63 bits per heavy atom. The predicted molar refractivity (Wildman–Crippen MR) is 124 cm³/mol. The van der Waals surface area contributed by atoms with E-state index in [-0.39, 0.29) is 0 Å². The summed E-state index contributed by atoms with van der Waals surface area (Å²) in [6.07, 6.45) is 1.66. The molecule has 154 valence electrons. The molecule has 0 bridgehead atoms. The standard InChI is InChI=1S/C23H23N3O3S/c1-27-20-11-7-6-10-19(20)25-23(30)26-24-15-18-12-13-21(28-2)22(14-18)29-16-17-8-4-3-5-9-17/h3-15H,16H2,1-2H3,(H2,25,26,30). The number of hydrogen-bond donors (Lipinski definition) is 2. The van der Waals surface area contributed by atoms with Crippen LogP contribution in [-0.4, -0.2) is 25.5 Å². The summed E-state index contributed by atoms with van der Waals surface area (Å²) in [7, 11) is 3.22. The van der Waals surface area contributed by atoms with E-state index >= 15 is 0 Å². The van der Waals surface area contributed by atoms with Crippen LogP contribution in [0.2, 0.25) is 0 Å². The van der Waals surface area contributed by atoms with Gasteiger partial charge in [0.05, 0.1) is 26.1 Å². The molecule has 0 aromatic heterocycles. The third kappa shape index (κ3) is 5.96. The highest BCUT2D eigenvalue weighted by atomic mass is 32.1. The van der Waals surface area contributed by atoms with E-state index in [0.717, 1.165) is 16.8 Å². The van der Waals surface area contributed by atoms with Crippen molar-refractivity contribution in [3.05, 3.63) is 83.9 Å². The number of thiocarbonyl (C=S) groups is 1. The minimum absolute atomic E-state index is 0.352. The van der Waals surface area contributed by atoms with Crippen molar-refractivity contribution < 1.29 is 14.2 Å². The first-order valence-electron chi connectivity index (χ1n) is 9.27. The highest BCUT2D eigenvalue weighted by Crippen LogP contribution is 2.28. The molecule has 0 saturated heterocycles. The van der Waals surface area contributed by atoms with E-state index in [1.165, 1.54) is 0 Å². The van der Waals surface area contributed by atoms with Crippen molar-refractivity contribution in [2.45, 2.75) is 6.61 Å². The maximum atomic E-state index is 5.93. The van der Waals surface area contributed by atoms with Gasteiger partial charge in [0.1, 0.15) is 12.4 Å². The monoisotopic (exact) mass is 421 g/mol. The molecule has 0 aliphatic heterocycles. The zero-order valence-electron chi connectivity index (χ0n) is 16.8. The van der Waals surface area contributed by atoms with Crippen LogP contribution in [0.1, 0.15) is 11.1 Å². The minimum Gasteiger partial charge on any atom is -0.495 e. The summed E-state index contributed by atoms with van der Waals surface area (Å²) in [6.45, 7) is 0.447. The number of nitrogens with one attached hydrogen (secondary N) is 2. The number of methoxy groups -OCH3 is 2. The van der Waals surface area contributed by atoms with Crippen LogP contribution in [0.5, 0.6) is 17.2 Å². The molecule has 3 aromatic carbocycles. The highest BCUT2D eigenvalue weighted by molar-refractivity contribution is 7.80. The topological polar surface area (TPSA) is 64.1 Å². The molecule has 0 amide bonds. The van der Waals surface area contributed by atoms with E-state index in [1.54, 1.807) is 20.4 Å². The fourth-order valence-corrected chi connectivity index (χ4v) is 2.85. The van der Waals surface area contributed by atoms with Gasteiger partial charge >= 0.3 is 0 Å². The normalized spacial score (nSPS) is 10.5. The first-order valence-corrected chi connectivity index (χ1v) is 9.68. The molecule has 30 heavy (non-hydrogen) atoms. The van der Waals surface area contributed by atoms with E-state index in [4.69, 9.17) is 26.4 Å². The third-order valence-corrected chi connectivity index (χ3v) is 4.35. The minimum atomic E-state index is 0.352. The lowest BCUT2D eigenvalue weighted by Crippen LogP contribution is -2.24. The molecule has 6 nitrogen and oxygen atoms in total. The van der Waals surface area contributed by atoms with E-state index in [0.29, 0.717) is 29.0 Å². The zero-order chi connectivity index (χ0) is 21.2. The number of benzene rings is 3. The van der Waals surface area contributed by atoms with Gasteiger partial charge in [-0.3, -0.25) is 5.43 Å². The molecule has 0 heterocycles. The Morgan fingerprint density at radius 3 is 2.40 bits per heavy atom. The number of ether oxygens (including phenoxy) is 3. The summed E-state index contributed by atoms with van der Waals surface area (Å²) in [4.78, 5) is 0. The van der Waals surface area contributed by atoms with Crippen molar-refractivity contribution in [2.24, 2.45) is 5.10 Å². The molecule has 7 heteroatoms. The molecule has 0 unspecified atom stereocenters. The number of hydrazone groups is 1. The van der Waals surface area contributed by atoms with Crippen LogP contribution in [0.4, 0.5) is 5.69 Å². The average molecular weight is 422 g/mol. The molecule has 0 radical (unpaired) electrons. The Kier molecular flexibility index (Phi) is 7.63. The summed E-state index contributed by atoms with van der Waals surface area (Å²) in [6, 6.07) is 23.0. The van der Waals surface area contributed by atoms with E-state index in [1.807, 2.05) is 72.8 Å². The molecule has 0 aliphatic carbocycles. The second-order valence-corrected chi connectivity index (χ2v) is 6.62. The fourth-order valence-electron chi connectivity index (χ4n) is 2.69. The second-order valence-electron chi connectivity index (χ2n) is 6.21. The maximum absolute atomic E-state index is 5.93. The smallest absolute Gasteiger partial charge is 0.191 e. The number of rotatable bonds is 8. The van der Waals surface area contributed by atoms with Gasteiger partial charge in [-0.2, -0.15) is 5.10 Å². The molecule has 0 spiro atoms. The van der Waals surface area contributed by atoms with Gasteiger partial charge < -0.3 is 19.5 Å². The zero-order valence-corrected chi connectivity index (χ0v) is 17.6. The van der Waals surface area contributed by atoms with Crippen LogP contribution in [0.25, 0.3) is 0 Å². The Labute approximate surface area is 181 Å². The third-order valence-electron chi connectivity index (χ3n) is 4.16. The van der Waals surface area contributed by atoms with Crippen LogP contribution >= 0.6 is 12.2 Å². The molecule has 0 saturated carbocycles. The van der Waals surface area contributed by atoms with Crippen LogP contribution in [-0.2, 0) is 6.61 Å². The SMILES string of the molecule is COc1ccccc1NC(=S)NN=Cc1ccc(OC)c(OCc2ccccc2)c1. The lowest BCUT2D eigenvalue weighted by atomic mass is 10.2. The summed E-state index contributed by atoms with van der Waals surface area (Å²) < 4.78 is 16.6. The maximum Gasteiger partial charge on any atom is 0.191 e. The molecular formula is C23H23N3O3S. The van der Waals surface area contributed by atoms with Crippen molar-refractivity contribution in [3.8, 4) is 17.2 Å². The lowest BCUT2D eigenvalue weighted by molar-refractivity contribution is 0.284. The number of para-hydroxylation sites is 2.